The van der Waals surface area contributed by atoms with E-state index in [4.69, 9.17) is 16.3 Å². The third-order valence-electron chi connectivity index (χ3n) is 4.30. The Morgan fingerprint density at radius 2 is 2.35 bits per heavy atom. The average Bonchev–Trinajstić information content (AvgIpc) is 3.16. The van der Waals surface area contributed by atoms with Crippen molar-refractivity contribution in [1.82, 2.24) is 15.1 Å². The Balaban J connectivity index is 1.80. The molecule has 0 amide bonds. The molecule has 20 heavy (non-hydrogen) atoms. The van der Waals surface area contributed by atoms with Crippen LogP contribution < -0.4 is 5.32 Å². The molecule has 2 atom stereocenters. The lowest BCUT2D eigenvalue weighted by Gasteiger charge is -2.39. The number of carbonyl (C=O) groups excluding carboxylic acids is 1. The van der Waals surface area contributed by atoms with Crippen molar-refractivity contribution in [1.29, 1.82) is 0 Å². The largest absolute Gasteiger partial charge is 0.468 e. The van der Waals surface area contributed by atoms with Gasteiger partial charge in [0.05, 0.1) is 24.4 Å². The van der Waals surface area contributed by atoms with E-state index in [9.17, 15) is 4.79 Å². The van der Waals surface area contributed by atoms with E-state index in [0.29, 0.717) is 17.5 Å². The van der Waals surface area contributed by atoms with Crippen molar-refractivity contribution in [3.05, 3.63) is 17.4 Å². The van der Waals surface area contributed by atoms with Crippen molar-refractivity contribution in [3.8, 4) is 0 Å². The van der Waals surface area contributed by atoms with Crippen molar-refractivity contribution in [2.24, 2.45) is 0 Å². The number of carbonyl (C=O) groups is 1. The number of methoxy groups -OCH3 is 1. The molecule has 0 aromatic carbocycles. The smallest absolute Gasteiger partial charge is 0.326 e. The second-order valence-corrected chi connectivity index (χ2v) is 6.32. The molecule has 2 fully saturated rings. The van der Waals surface area contributed by atoms with Gasteiger partial charge in [-0.2, -0.15) is 5.10 Å². The van der Waals surface area contributed by atoms with Crippen molar-refractivity contribution in [2.75, 3.05) is 7.11 Å². The lowest BCUT2D eigenvalue weighted by atomic mass is 9.78. The van der Waals surface area contributed by atoms with Crippen LogP contribution >= 0.6 is 11.6 Å². The maximum atomic E-state index is 12.3. The molecular weight excluding hydrogens is 278 g/mol. The summed E-state index contributed by atoms with van der Waals surface area (Å²) < 4.78 is 6.94. The zero-order valence-corrected chi connectivity index (χ0v) is 12.4. The monoisotopic (exact) mass is 297 g/mol. The van der Waals surface area contributed by atoms with Crippen LogP contribution in [0.15, 0.2) is 12.4 Å². The summed E-state index contributed by atoms with van der Waals surface area (Å²) >= 11 is 5.94. The van der Waals surface area contributed by atoms with Gasteiger partial charge in [-0.15, -0.1) is 0 Å². The van der Waals surface area contributed by atoms with Crippen LogP contribution in [0.5, 0.6) is 0 Å². The summed E-state index contributed by atoms with van der Waals surface area (Å²) in [7, 11) is 1.47. The maximum Gasteiger partial charge on any atom is 0.326 e. The summed E-state index contributed by atoms with van der Waals surface area (Å²) in [6.07, 6.45) is 9.32. The topological polar surface area (TPSA) is 56.1 Å². The number of hydrogen-bond donors (Lipinski definition) is 1. The molecule has 6 heteroatoms. The summed E-state index contributed by atoms with van der Waals surface area (Å²) in [5, 5.41) is 8.44. The summed E-state index contributed by atoms with van der Waals surface area (Å²) in [6.45, 7) is 0. The van der Waals surface area contributed by atoms with Gasteiger partial charge in [-0.25, -0.2) is 0 Å². The first-order chi connectivity index (χ1) is 9.63. The van der Waals surface area contributed by atoms with Crippen molar-refractivity contribution in [2.45, 2.75) is 56.1 Å². The van der Waals surface area contributed by atoms with Gasteiger partial charge in [0.2, 0.25) is 0 Å². The number of nitrogens with zero attached hydrogens (tertiary/aromatic N) is 2. The van der Waals surface area contributed by atoms with Gasteiger partial charge < -0.3 is 4.74 Å². The first kappa shape index (κ1) is 13.9. The number of hydrogen-bond acceptors (Lipinski definition) is 4. The molecule has 1 N–H and O–H groups in total. The molecule has 1 aromatic rings. The van der Waals surface area contributed by atoms with Crippen molar-refractivity contribution >= 4 is 17.6 Å². The van der Waals surface area contributed by atoms with Gasteiger partial charge in [0, 0.05) is 12.2 Å². The highest BCUT2D eigenvalue weighted by atomic mass is 35.5. The van der Waals surface area contributed by atoms with E-state index >= 15 is 0 Å². The summed E-state index contributed by atoms with van der Waals surface area (Å²) in [6, 6.07) is 0.663. The van der Waals surface area contributed by atoms with Gasteiger partial charge in [0.1, 0.15) is 5.54 Å². The molecule has 5 nitrogen and oxygen atoms in total. The molecule has 0 saturated heterocycles. The Morgan fingerprint density at radius 1 is 1.55 bits per heavy atom. The van der Waals surface area contributed by atoms with Gasteiger partial charge in [-0.05, 0) is 38.5 Å². The molecule has 1 aromatic heterocycles. The predicted molar refractivity (Wildman–Crippen MR) is 75.6 cm³/mol. The van der Waals surface area contributed by atoms with Gasteiger partial charge in [-0.3, -0.25) is 14.8 Å². The maximum absolute atomic E-state index is 12.3. The van der Waals surface area contributed by atoms with E-state index in [2.05, 4.69) is 10.4 Å². The molecule has 1 heterocycles. The van der Waals surface area contributed by atoms with Gasteiger partial charge >= 0.3 is 5.97 Å². The molecule has 0 spiro atoms. The Hall–Kier alpha value is -1.07. The number of esters is 1. The lowest BCUT2D eigenvalue weighted by Crippen LogP contribution is -2.56. The van der Waals surface area contributed by atoms with Gasteiger partial charge in [-0.1, -0.05) is 11.6 Å². The van der Waals surface area contributed by atoms with Crippen molar-refractivity contribution in [3.63, 3.8) is 0 Å². The van der Waals surface area contributed by atoms with Gasteiger partial charge in [0.25, 0.3) is 0 Å². The number of nitrogens with one attached hydrogen (secondary N) is 1. The quantitative estimate of drug-likeness (QED) is 0.867. The fourth-order valence-corrected chi connectivity index (χ4v) is 3.32. The molecule has 2 aliphatic carbocycles. The molecule has 110 valence electrons. The van der Waals surface area contributed by atoms with E-state index < -0.39 is 5.54 Å². The Morgan fingerprint density at radius 3 is 2.95 bits per heavy atom. The Bertz CT molecular complexity index is 500. The highest BCUT2D eigenvalue weighted by molar-refractivity contribution is 6.30. The van der Waals surface area contributed by atoms with Crippen molar-refractivity contribution < 1.29 is 9.53 Å². The summed E-state index contributed by atoms with van der Waals surface area (Å²) in [5.74, 6) is -0.146. The third kappa shape index (κ3) is 2.69. The second kappa shape index (κ2) is 5.37. The van der Waals surface area contributed by atoms with Crippen LogP contribution in [0.3, 0.4) is 0 Å². The van der Waals surface area contributed by atoms with Crippen LogP contribution in [0.1, 0.15) is 44.6 Å². The minimum atomic E-state index is -0.558. The number of rotatable bonds is 4. The fourth-order valence-electron chi connectivity index (χ4n) is 3.18. The minimum Gasteiger partial charge on any atom is -0.468 e. The molecule has 2 saturated carbocycles. The fraction of sp³-hybridized carbons (Fsp3) is 0.714. The Kier molecular flexibility index (Phi) is 3.73. The first-order valence-corrected chi connectivity index (χ1v) is 7.56. The predicted octanol–water partition coefficient (Wildman–Crippen LogP) is 2.32. The van der Waals surface area contributed by atoms with Crippen LogP contribution in [0, 0.1) is 0 Å². The average molecular weight is 298 g/mol. The van der Waals surface area contributed by atoms with Gasteiger partial charge in [0.15, 0.2) is 0 Å². The van der Waals surface area contributed by atoms with Crippen LogP contribution in [0.25, 0.3) is 0 Å². The SMILES string of the molecule is COC(=O)C1(NC2CC2)CCCC(n2cc(Cl)cn2)C1. The van der Waals surface area contributed by atoms with E-state index in [-0.39, 0.29) is 12.0 Å². The van der Waals surface area contributed by atoms with E-state index in [1.807, 2.05) is 10.9 Å². The number of ether oxygens (including phenoxy) is 1. The molecule has 2 aliphatic rings. The van der Waals surface area contributed by atoms with E-state index in [0.717, 1.165) is 32.1 Å². The highest BCUT2D eigenvalue weighted by Gasteiger charge is 2.47. The molecule has 0 bridgehead atoms. The van der Waals surface area contributed by atoms with Crippen LogP contribution in [-0.4, -0.2) is 34.4 Å². The minimum absolute atomic E-state index is 0.146. The highest BCUT2D eigenvalue weighted by Crippen LogP contribution is 2.38. The lowest BCUT2D eigenvalue weighted by molar-refractivity contribution is -0.151. The normalized spacial score (nSPS) is 30.2. The van der Waals surface area contributed by atoms with E-state index in [1.165, 1.54) is 7.11 Å². The second-order valence-electron chi connectivity index (χ2n) is 5.88. The summed E-state index contributed by atoms with van der Waals surface area (Å²) in [5.41, 5.74) is -0.558. The van der Waals surface area contributed by atoms with Crippen LogP contribution in [-0.2, 0) is 9.53 Å². The summed E-state index contributed by atoms with van der Waals surface area (Å²) in [4.78, 5) is 12.3. The third-order valence-corrected chi connectivity index (χ3v) is 4.50. The van der Waals surface area contributed by atoms with Crippen LogP contribution in [0.4, 0.5) is 0 Å². The molecule has 0 aliphatic heterocycles. The standard InChI is InChI=1S/C14H20ClN3O2/c1-20-13(19)14(17-11-4-5-11)6-2-3-12(7-14)18-9-10(15)8-16-18/h8-9,11-12,17H,2-7H2,1H3. The van der Waals surface area contributed by atoms with E-state index in [1.54, 1.807) is 6.20 Å². The molecule has 2 unspecified atom stereocenters. The molecule has 0 radical (unpaired) electrons. The molecule has 3 rings (SSSR count). The number of halogens is 1. The van der Waals surface area contributed by atoms with Crippen LogP contribution in [0.2, 0.25) is 5.02 Å². The zero-order valence-electron chi connectivity index (χ0n) is 11.6. The Labute approximate surface area is 123 Å². The first-order valence-electron chi connectivity index (χ1n) is 7.19. The zero-order chi connectivity index (χ0) is 14.2. The molecular formula is C14H20ClN3O2. The number of aromatic nitrogens is 2.